The molecule has 2 rings (SSSR count). The smallest absolute Gasteiger partial charge is 0.141 e. The molecule has 0 aliphatic rings. The first-order chi connectivity index (χ1) is 9.99. The summed E-state index contributed by atoms with van der Waals surface area (Å²) in [4.78, 5) is 0. The summed E-state index contributed by atoms with van der Waals surface area (Å²) in [5.74, 6) is -0.449. The molecule has 2 aromatic rings. The topological polar surface area (TPSA) is 46.2 Å². The molecular weight excluding hydrogens is 289 g/mol. The van der Waals surface area contributed by atoms with Gasteiger partial charge in [0.25, 0.3) is 0 Å². The number of rotatable bonds is 5. The third-order valence-corrected chi connectivity index (χ3v) is 4.31. The SMILES string of the molecule is CC(O)C(CN)(Cc1ccc(F)c(Cl)c1)c1ccccc1. The van der Waals surface area contributed by atoms with E-state index in [2.05, 4.69) is 0 Å². The Hall–Kier alpha value is -1.42. The highest BCUT2D eigenvalue weighted by molar-refractivity contribution is 6.30. The van der Waals surface area contributed by atoms with Crippen molar-refractivity contribution in [2.45, 2.75) is 24.9 Å². The molecule has 3 N–H and O–H groups in total. The second kappa shape index (κ2) is 6.56. The standard InChI is InChI=1S/C17H19ClFNO/c1-12(21)17(11-20,14-5-3-2-4-6-14)10-13-7-8-16(19)15(18)9-13/h2-9,12,21H,10-11,20H2,1H3. The molecular formula is C17H19ClFNO. The monoisotopic (exact) mass is 307 g/mol. The van der Waals surface area contributed by atoms with Crippen LogP contribution in [0.5, 0.6) is 0 Å². The Morgan fingerprint density at radius 2 is 1.90 bits per heavy atom. The van der Waals surface area contributed by atoms with E-state index in [9.17, 15) is 9.50 Å². The zero-order valence-electron chi connectivity index (χ0n) is 11.9. The van der Waals surface area contributed by atoms with Crippen molar-refractivity contribution in [1.29, 1.82) is 0 Å². The van der Waals surface area contributed by atoms with Crippen molar-refractivity contribution in [3.8, 4) is 0 Å². The van der Waals surface area contributed by atoms with Gasteiger partial charge in [-0.15, -0.1) is 0 Å². The van der Waals surface area contributed by atoms with Crippen molar-refractivity contribution < 1.29 is 9.50 Å². The van der Waals surface area contributed by atoms with Crippen molar-refractivity contribution in [2.75, 3.05) is 6.54 Å². The van der Waals surface area contributed by atoms with Gasteiger partial charge >= 0.3 is 0 Å². The predicted molar refractivity (Wildman–Crippen MR) is 84.0 cm³/mol. The van der Waals surface area contributed by atoms with Gasteiger partial charge in [-0.1, -0.05) is 48.0 Å². The van der Waals surface area contributed by atoms with Gasteiger partial charge in [0, 0.05) is 12.0 Å². The highest BCUT2D eigenvalue weighted by atomic mass is 35.5. The number of benzene rings is 2. The average Bonchev–Trinajstić information content (AvgIpc) is 2.49. The second-order valence-corrected chi connectivity index (χ2v) is 5.73. The maximum atomic E-state index is 13.3. The minimum atomic E-state index is -0.645. The molecule has 4 heteroatoms. The van der Waals surface area contributed by atoms with E-state index in [-0.39, 0.29) is 11.6 Å². The summed E-state index contributed by atoms with van der Waals surface area (Å²) in [6.45, 7) is 2.01. The van der Waals surface area contributed by atoms with Crippen LogP contribution in [0.3, 0.4) is 0 Å². The van der Waals surface area contributed by atoms with Crippen LogP contribution < -0.4 is 5.73 Å². The molecule has 2 unspecified atom stereocenters. The molecule has 0 fully saturated rings. The molecule has 0 radical (unpaired) electrons. The largest absolute Gasteiger partial charge is 0.392 e. The molecule has 0 aliphatic carbocycles. The van der Waals surface area contributed by atoms with Gasteiger partial charge in [0.05, 0.1) is 11.1 Å². The van der Waals surface area contributed by atoms with Gasteiger partial charge in [-0.05, 0) is 36.6 Å². The molecule has 0 heterocycles. The van der Waals surface area contributed by atoms with Crippen molar-refractivity contribution >= 4 is 11.6 Å². The lowest BCUT2D eigenvalue weighted by Gasteiger charge is -2.36. The molecule has 0 saturated carbocycles. The number of halogens is 2. The highest BCUT2D eigenvalue weighted by Gasteiger charge is 2.36. The summed E-state index contributed by atoms with van der Waals surface area (Å²) in [6, 6.07) is 14.3. The minimum Gasteiger partial charge on any atom is -0.392 e. The number of nitrogens with two attached hydrogens (primary N) is 1. The Balaban J connectivity index is 2.43. The second-order valence-electron chi connectivity index (χ2n) is 5.33. The molecule has 2 atom stereocenters. The van der Waals surface area contributed by atoms with Crippen LogP contribution in [0.15, 0.2) is 48.5 Å². The zero-order valence-corrected chi connectivity index (χ0v) is 12.6. The first-order valence-corrected chi connectivity index (χ1v) is 7.25. The Kier molecular flexibility index (Phi) is 4.99. The third-order valence-electron chi connectivity index (χ3n) is 4.02. The minimum absolute atomic E-state index is 0.0806. The molecule has 0 spiro atoms. The first kappa shape index (κ1) is 16.0. The van der Waals surface area contributed by atoms with Gasteiger partial charge in [-0.2, -0.15) is 0 Å². The first-order valence-electron chi connectivity index (χ1n) is 6.87. The van der Waals surface area contributed by atoms with Crippen LogP contribution in [-0.4, -0.2) is 17.8 Å². The number of hydrogen-bond donors (Lipinski definition) is 2. The molecule has 112 valence electrons. The van der Waals surface area contributed by atoms with Gasteiger partial charge in [0.1, 0.15) is 5.82 Å². The van der Waals surface area contributed by atoms with Crippen LogP contribution in [0.4, 0.5) is 4.39 Å². The van der Waals surface area contributed by atoms with Crippen LogP contribution in [0.1, 0.15) is 18.1 Å². The maximum absolute atomic E-state index is 13.3. The Labute approximate surface area is 129 Å². The summed E-state index contributed by atoms with van der Waals surface area (Å²) >= 11 is 5.84. The molecule has 0 aliphatic heterocycles. The van der Waals surface area contributed by atoms with Gasteiger partial charge in [-0.25, -0.2) is 4.39 Å². The summed E-state index contributed by atoms with van der Waals surface area (Å²) in [5.41, 5.74) is 7.17. The van der Waals surface area contributed by atoms with Crippen molar-refractivity contribution in [2.24, 2.45) is 5.73 Å². The number of hydrogen-bond acceptors (Lipinski definition) is 2. The molecule has 0 bridgehead atoms. The van der Waals surface area contributed by atoms with Crippen LogP contribution in [0, 0.1) is 5.82 Å². The van der Waals surface area contributed by atoms with Crippen molar-refractivity contribution in [3.05, 3.63) is 70.5 Å². The third kappa shape index (κ3) is 3.26. The predicted octanol–water partition coefficient (Wildman–Crippen LogP) is 3.30. The summed E-state index contributed by atoms with van der Waals surface area (Å²) < 4.78 is 13.3. The molecule has 21 heavy (non-hydrogen) atoms. The van der Waals surface area contributed by atoms with Crippen molar-refractivity contribution in [3.63, 3.8) is 0 Å². The van der Waals surface area contributed by atoms with E-state index in [4.69, 9.17) is 17.3 Å². The van der Waals surface area contributed by atoms with E-state index in [1.807, 2.05) is 30.3 Å². The Bertz CT molecular complexity index is 603. The molecule has 2 aromatic carbocycles. The quantitative estimate of drug-likeness (QED) is 0.890. The highest BCUT2D eigenvalue weighted by Crippen LogP contribution is 2.32. The van der Waals surface area contributed by atoms with E-state index < -0.39 is 17.3 Å². The fourth-order valence-corrected chi connectivity index (χ4v) is 2.84. The Morgan fingerprint density at radius 1 is 1.24 bits per heavy atom. The zero-order chi connectivity index (χ0) is 15.5. The Morgan fingerprint density at radius 3 is 2.43 bits per heavy atom. The molecule has 0 amide bonds. The lowest BCUT2D eigenvalue weighted by Crippen LogP contribution is -2.46. The van der Waals surface area contributed by atoms with Gasteiger partial charge in [0.15, 0.2) is 0 Å². The summed E-state index contributed by atoms with van der Waals surface area (Å²) in [5, 5.41) is 10.4. The van der Waals surface area contributed by atoms with Gasteiger partial charge in [-0.3, -0.25) is 0 Å². The van der Waals surface area contributed by atoms with Crippen LogP contribution in [0.25, 0.3) is 0 Å². The van der Waals surface area contributed by atoms with E-state index in [1.54, 1.807) is 19.1 Å². The molecule has 0 aromatic heterocycles. The number of aliphatic hydroxyl groups is 1. The average molecular weight is 308 g/mol. The van der Waals surface area contributed by atoms with E-state index in [0.29, 0.717) is 6.42 Å². The van der Waals surface area contributed by atoms with E-state index >= 15 is 0 Å². The van der Waals surface area contributed by atoms with Crippen LogP contribution >= 0.6 is 11.6 Å². The van der Waals surface area contributed by atoms with E-state index in [0.717, 1.165) is 11.1 Å². The van der Waals surface area contributed by atoms with Crippen molar-refractivity contribution in [1.82, 2.24) is 0 Å². The van der Waals surface area contributed by atoms with E-state index in [1.165, 1.54) is 6.07 Å². The fraction of sp³-hybridized carbons (Fsp3) is 0.294. The number of aliphatic hydroxyl groups excluding tert-OH is 1. The molecule has 2 nitrogen and oxygen atoms in total. The summed E-state index contributed by atoms with van der Waals surface area (Å²) in [7, 11) is 0. The van der Waals surface area contributed by atoms with Gasteiger partial charge < -0.3 is 10.8 Å². The lowest BCUT2D eigenvalue weighted by atomic mass is 9.72. The fourth-order valence-electron chi connectivity index (χ4n) is 2.64. The normalized spacial score (nSPS) is 15.5. The summed E-state index contributed by atoms with van der Waals surface area (Å²) in [6.07, 6.45) is -0.153. The van der Waals surface area contributed by atoms with Crippen LogP contribution in [-0.2, 0) is 11.8 Å². The maximum Gasteiger partial charge on any atom is 0.141 e. The van der Waals surface area contributed by atoms with Crippen LogP contribution in [0.2, 0.25) is 5.02 Å². The molecule has 0 saturated heterocycles. The van der Waals surface area contributed by atoms with Gasteiger partial charge in [0.2, 0.25) is 0 Å². The lowest BCUT2D eigenvalue weighted by molar-refractivity contribution is 0.100.